The molecule has 3 saturated heterocycles. The first-order chi connectivity index (χ1) is 16.9. The van der Waals surface area contributed by atoms with Gasteiger partial charge in [0.2, 0.25) is 15.9 Å². The van der Waals surface area contributed by atoms with Crippen LogP contribution in [0.1, 0.15) is 51.9 Å². The third-order valence-electron chi connectivity index (χ3n) is 8.46. The normalized spacial score (nSPS) is 24.7. The van der Waals surface area contributed by atoms with Crippen molar-refractivity contribution in [3.05, 3.63) is 12.4 Å². The largest absolute Gasteiger partial charge is 0.476 e. The molecule has 1 aliphatic carbocycles. The van der Waals surface area contributed by atoms with E-state index in [0.29, 0.717) is 56.5 Å². The highest BCUT2D eigenvalue weighted by Gasteiger charge is 2.44. The summed E-state index contributed by atoms with van der Waals surface area (Å²) in [7, 11) is -3.19. The lowest BCUT2D eigenvalue weighted by molar-refractivity contribution is 0.101. The zero-order valence-electron chi connectivity index (χ0n) is 21.3. The summed E-state index contributed by atoms with van der Waals surface area (Å²) < 4.78 is 33.1. The van der Waals surface area contributed by atoms with Crippen molar-refractivity contribution >= 4 is 15.8 Å². The van der Waals surface area contributed by atoms with Crippen LogP contribution < -0.4 is 9.64 Å². The Morgan fingerprint density at radius 1 is 0.971 bits per heavy atom. The van der Waals surface area contributed by atoms with Crippen molar-refractivity contribution in [2.75, 3.05) is 76.2 Å². The molecule has 0 bridgehead atoms. The molecule has 35 heavy (non-hydrogen) atoms. The first-order valence-corrected chi connectivity index (χ1v) is 15.2. The molecule has 10 heteroatoms. The molecule has 9 nitrogen and oxygen atoms in total. The van der Waals surface area contributed by atoms with E-state index in [0.717, 1.165) is 25.5 Å². The number of ether oxygens (including phenoxy) is 1. The Hall–Kier alpha value is -1.49. The van der Waals surface area contributed by atoms with Crippen molar-refractivity contribution in [2.24, 2.45) is 5.92 Å². The van der Waals surface area contributed by atoms with Gasteiger partial charge in [-0.2, -0.15) is 4.31 Å². The number of piperidine rings is 1. The van der Waals surface area contributed by atoms with Crippen molar-refractivity contribution < 1.29 is 13.2 Å². The highest BCUT2D eigenvalue weighted by atomic mass is 32.2. The molecule has 0 radical (unpaired) electrons. The van der Waals surface area contributed by atoms with E-state index in [2.05, 4.69) is 31.6 Å². The van der Waals surface area contributed by atoms with Crippen molar-refractivity contribution in [1.82, 2.24) is 24.1 Å². The van der Waals surface area contributed by atoms with Crippen LogP contribution >= 0.6 is 0 Å². The van der Waals surface area contributed by atoms with Gasteiger partial charge in [-0.15, -0.1) is 0 Å². The van der Waals surface area contributed by atoms with Gasteiger partial charge in [-0.1, -0.05) is 0 Å². The van der Waals surface area contributed by atoms with Crippen LogP contribution in [0.2, 0.25) is 0 Å². The molecule has 4 fully saturated rings. The molecule has 4 aliphatic rings. The first-order valence-electron chi connectivity index (χ1n) is 13.6. The number of hydrogen-bond acceptors (Lipinski definition) is 8. The van der Waals surface area contributed by atoms with Gasteiger partial charge in [-0.05, 0) is 90.5 Å². The second-order valence-electron chi connectivity index (χ2n) is 11.1. The molecule has 1 aromatic heterocycles. The molecule has 0 N–H and O–H groups in total. The molecule has 1 aromatic rings. The lowest BCUT2D eigenvalue weighted by Gasteiger charge is -2.36. The average Bonchev–Trinajstić information content (AvgIpc) is 3.42. The minimum atomic E-state index is -3.19. The Labute approximate surface area is 210 Å². The van der Waals surface area contributed by atoms with Crippen molar-refractivity contribution in [3.63, 3.8) is 0 Å². The highest BCUT2D eigenvalue weighted by Crippen LogP contribution is 2.42. The Morgan fingerprint density at radius 2 is 1.69 bits per heavy atom. The minimum absolute atomic E-state index is 0.244. The SMILES string of the molecule is CC1(N2CCC(COc3cnc(N4CCN(S(=O)(=O)CCCN5CCCC5)CC4)cn3)CC2)CC1. The summed E-state index contributed by atoms with van der Waals surface area (Å²) in [6, 6.07) is 0. The fourth-order valence-corrected chi connectivity index (χ4v) is 7.16. The number of aromatic nitrogens is 2. The summed E-state index contributed by atoms with van der Waals surface area (Å²) in [6.07, 6.45) is 11.7. The summed E-state index contributed by atoms with van der Waals surface area (Å²) in [4.78, 5) is 16.2. The maximum Gasteiger partial charge on any atom is 0.232 e. The van der Waals surface area contributed by atoms with Gasteiger partial charge in [-0.25, -0.2) is 18.4 Å². The molecule has 0 amide bonds. The molecule has 4 heterocycles. The van der Waals surface area contributed by atoms with Gasteiger partial charge in [0.05, 0.1) is 24.8 Å². The quantitative estimate of drug-likeness (QED) is 0.477. The molecule has 0 atom stereocenters. The molecule has 0 aromatic carbocycles. The van der Waals surface area contributed by atoms with Gasteiger partial charge >= 0.3 is 0 Å². The fraction of sp³-hybridized carbons (Fsp3) is 0.840. The predicted molar refractivity (Wildman–Crippen MR) is 137 cm³/mol. The van der Waals surface area contributed by atoms with Crippen LogP contribution in [0.15, 0.2) is 12.4 Å². The molecule has 1 saturated carbocycles. The van der Waals surface area contributed by atoms with Crippen LogP contribution in [0.25, 0.3) is 0 Å². The van der Waals surface area contributed by atoms with Gasteiger partial charge < -0.3 is 14.5 Å². The van der Waals surface area contributed by atoms with Crippen molar-refractivity contribution in [1.29, 1.82) is 0 Å². The van der Waals surface area contributed by atoms with Crippen LogP contribution in [0.4, 0.5) is 5.82 Å². The Morgan fingerprint density at radius 3 is 2.31 bits per heavy atom. The van der Waals surface area contributed by atoms with E-state index < -0.39 is 10.0 Å². The van der Waals surface area contributed by atoms with E-state index >= 15 is 0 Å². The zero-order valence-corrected chi connectivity index (χ0v) is 22.1. The molecule has 0 unspecified atom stereocenters. The number of anilines is 1. The molecule has 196 valence electrons. The van der Waals surface area contributed by atoms with Gasteiger partial charge in [-0.3, -0.25) is 4.90 Å². The summed E-state index contributed by atoms with van der Waals surface area (Å²) >= 11 is 0. The van der Waals surface area contributed by atoms with Gasteiger partial charge in [0, 0.05) is 31.7 Å². The molecule has 0 spiro atoms. The van der Waals surface area contributed by atoms with E-state index in [1.54, 1.807) is 16.7 Å². The average molecular weight is 507 g/mol. The van der Waals surface area contributed by atoms with E-state index in [-0.39, 0.29) is 5.75 Å². The lowest BCUT2D eigenvalue weighted by atomic mass is 9.96. The van der Waals surface area contributed by atoms with Crippen LogP contribution in [0.5, 0.6) is 5.88 Å². The summed E-state index contributed by atoms with van der Waals surface area (Å²) in [6.45, 7) is 10.8. The highest BCUT2D eigenvalue weighted by molar-refractivity contribution is 7.89. The summed E-state index contributed by atoms with van der Waals surface area (Å²) in [5.74, 6) is 2.19. The second kappa shape index (κ2) is 10.9. The monoisotopic (exact) mass is 506 g/mol. The number of hydrogen-bond donors (Lipinski definition) is 0. The Balaban J connectivity index is 1.02. The van der Waals surface area contributed by atoms with Crippen LogP contribution in [-0.2, 0) is 10.0 Å². The van der Waals surface area contributed by atoms with Gasteiger partial charge in [0.25, 0.3) is 0 Å². The van der Waals surface area contributed by atoms with Gasteiger partial charge in [0.1, 0.15) is 5.82 Å². The van der Waals surface area contributed by atoms with Crippen LogP contribution in [0, 0.1) is 5.92 Å². The third-order valence-corrected chi connectivity index (χ3v) is 10.4. The maximum atomic E-state index is 12.8. The second-order valence-corrected chi connectivity index (χ2v) is 13.1. The van der Waals surface area contributed by atoms with E-state index in [1.165, 1.54) is 51.6 Å². The molecule has 5 rings (SSSR count). The van der Waals surface area contributed by atoms with Crippen LogP contribution in [0.3, 0.4) is 0 Å². The van der Waals surface area contributed by atoms with E-state index in [9.17, 15) is 8.42 Å². The topological polar surface area (TPSA) is 82.1 Å². The minimum Gasteiger partial charge on any atom is -0.476 e. The van der Waals surface area contributed by atoms with Gasteiger partial charge in [0.15, 0.2) is 0 Å². The lowest BCUT2D eigenvalue weighted by Crippen LogP contribution is -2.49. The molecular formula is C25H42N6O3S. The third kappa shape index (κ3) is 6.45. The Bertz CT molecular complexity index is 917. The zero-order chi connectivity index (χ0) is 24.3. The number of rotatable bonds is 10. The van der Waals surface area contributed by atoms with Crippen molar-refractivity contribution in [3.8, 4) is 5.88 Å². The Kier molecular flexibility index (Phi) is 7.81. The number of sulfonamides is 1. The molecular weight excluding hydrogens is 464 g/mol. The number of nitrogens with zero attached hydrogens (tertiary/aromatic N) is 6. The standard InChI is InChI=1S/C25H42N6O3S/c1-25(7-8-25)30-12-5-22(6-13-30)21-34-24-20-26-23(19-27-24)29-14-16-31(17-15-29)35(32,33)18-4-11-28-9-2-3-10-28/h19-20,22H,2-18,21H2,1H3. The maximum absolute atomic E-state index is 12.8. The number of likely N-dealkylation sites (tertiary alicyclic amines) is 2. The summed E-state index contributed by atoms with van der Waals surface area (Å²) in [5, 5.41) is 0. The van der Waals surface area contributed by atoms with Crippen LogP contribution in [-0.4, -0.2) is 109 Å². The molecule has 3 aliphatic heterocycles. The fourth-order valence-electron chi connectivity index (χ4n) is 5.69. The smallest absolute Gasteiger partial charge is 0.232 e. The van der Waals surface area contributed by atoms with Crippen molar-refractivity contribution in [2.45, 2.75) is 57.4 Å². The summed E-state index contributed by atoms with van der Waals surface area (Å²) in [5.41, 5.74) is 0.482. The first kappa shape index (κ1) is 25.2. The predicted octanol–water partition coefficient (Wildman–Crippen LogP) is 2.06. The van der Waals surface area contributed by atoms with E-state index in [4.69, 9.17) is 4.74 Å². The van der Waals surface area contributed by atoms with E-state index in [1.807, 2.05) is 0 Å². The number of piperazine rings is 1.